The van der Waals surface area contributed by atoms with Crippen LogP contribution in [0.1, 0.15) is 42.9 Å². The number of fused-ring (bicyclic) bond motifs is 1. The Kier molecular flexibility index (Phi) is 9.89. The number of piperidine rings is 2. The van der Waals surface area contributed by atoms with Gasteiger partial charge in [-0.1, -0.05) is 23.7 Å². The molecule has 0 aliphatic carbocycles. The van der Waals surface area contributed by atoms with Crippen LogP contribution in [0.5, 0.6) is 11.5 Å². The Bertz CT molecular complexity index is 2290. The Hall–Kier alpha value is -4.83. The number of nitrogens with zero attached hydrogens (tertiary/aromatic N) is 7. The van der Waals surface area contributed by atoms with Gasteiger partial charge in [0.1, 0.15) is 22.1 Å². The number of amides is 2. The molecule has 6 heterocycles. The van der Waals surface area contributed by atoms with Gasteiger partial charge in [-0.25, -0.2) is 18.4 Å². The number of benzene rings is 2. The van der Waals surface area contributed by atoms with E-state index in [1.54, 1.807) is 33.3 Å². The van der Waals surface area contributed by atoms with Crippen molar-refractivity contribution in [1.29, 1.82) is 0 Å². The summed E-state index contributed by atoms with van der Waals surface area (Å²) < 4.78 is 36.7. The molecule has 2 amide bonds. The lowest BCUT2D eigenvalue weighted by Gasteiger charge is -2.39. The number of sulfonamides is 1. The zero-order valence-corrected chi connectivity index (χ0v) is 31.7. The summed E-state index contributed by atoms with van der Waals surface area (Å²) in [5.74, 6) is 1.22. The maximum atomic E-state index is 13.6. The lowest BCUT2D eigenvalue weighted by molar-refractivity contribution is -0.134. The lowest BCUT2D eigenvalue weighted by atomic mass is 9.90. The quantitative estimate of drug-likeness (QED) is 0.199. The molecule has 3 fully saturated rings. The third-order valence-electron chi connectivity index (χ3n) is 10.7. The van der Waals surface area contributed by atoms with Gasteiger partial charge in [0.2, 0.25) is 21.8 Å². The minimum atomic E-state index is -3.69. The molecule has 3 aliphatic rings. The molecule has 282 valence electrons. The summed E-state index contributed by atoms with van der Waals surface area (Å²) in [6, 6.07) is 14.6. The average Bonchev–Trinajstić information content (AvgIpc) is 3.75. The number of carbonyl (C=O) groups is 2. The van der Waals surface area contributed by atoms with Crippen molar-refractivity contribution in [2.24, 2.45) is 13.0 Å². The standard InChI is InChI=1S/C38H42ClN9O5S/c1-24-31(23-45(2)44-24)36-42-34-35(32(39)21-40-37(34)43-36)53-28-7-9-29(10-8-28)54(51,52)48-19-17-46(18-20-48)22-25-13-15-47(16-14-25)27-5-3-26(4-6-27)30-11-12-33(49)41-38(30)50/h3-10,21,23,25,30H,11-20,22H2,1-2H3,(H,40,42,43)(H,41,49,50)/t30-/m1/s1. The highest BCUT2D eigenvalue weighted by Crippen LogP contribution is 2.37. The summed E-state index contributed by atoms with van der Waals surface area (Å²) >= 11 is 6.51. The molecule has 0 bridgehead atoms. The van der Waals surface area contributed by atoms with Crippen molar-refractivity contribution in [2.45, 2.75) is 43.4 Å². The third kappa shape index (κ3) is 7.32. The first-order chi connectivity index (χ1) is 26.0. The zero-order chi connectivity index (χ0) is 37.6. The molecule has 3 aliphatic heterocycles. The topological polar surface area (TPSA) is 159 Å². The van der Waals surface area contributed by atoms with Gasteiger partial charge in [-0.15, -0.1) is 0 Å². The number of aryl methyl sites for hydroxylation is 2. The van der Waals surface area contributed by atoms with Crippen LogP contribution in [-0.4, -0.2) is 100.0 Å². The van der Waals surface area contributed by atoms with E-state index in [0.29, 0.717) is 78.4 Å². The second-order valence-corrected chi connectivity index (χ2v) is 16.7. The number of imidazole rings is 1. The van der Waals surface area contributed by atoms with Crippen LogP contribution in [0.15, 0.2) is 65.8 Å². The van der Waals surface area contributed by atoms with E-state index in [9.17, 15) is 18.0 Å². The second kappa shape index (κ2) is 14.8. The number of carbonyl (C=O) groups excluding carboxylic acids is 2. The van der Waals surface area contributed by atoms with E-state index in [-0.39, 0.29) is 22.6 Å². The van der Waals surface area contributed by atoms with Gasteiger partial charge >= 0.3 is 0 Å². The van der Waals surface area contributed by atoms with E-state index in [1.807, 2.05) is 32.3 Å². The average molecular weight is 772 g/mol. The Morgan fingerprint density at radius 2 is 1.67 bits per heavy atom. The predicted octanol–water partition coefficient (Wildman–Crippen LogP) is 4.86. The lowest BCUT2D eigenvalue weighted by Crippen LogP contribution is -2.50. The van der Waals surface area contributed by atoms with Crippen molar-refractivity contribution in [3.63, 3.8) is 0 Å². The van der Waals surface area contributed by atoms with Gasteiger partial charge < -0.3 is 19.5 Å². The summed E-state index contributed by atoms with van der Waals surface area (Å²) in [4.78, 5) is 41.0. The molecular weight excluding hydrogens is 730 g/mol. The highest BCUT2D eigenvalue weighted by atomic mass is 35.5. The van der Waals surface area contributed by atoms with E-state index < -0.39 is 10.0 Å². The number of aromatic amines is 1. The number of rotatable bonds is 9. The van der Waals surface area contributed by atoms with Gasteiger partial charge in [0, 0.05) is 71.2 Å². The van der Waals surface area contributed by atoms with E-state index in [0.717, 1.165) is 55.0 Å². The van der Waals surface area contributed by atoms with Crippen molar-refractivity contribution in [3.05, 3.63) is 77.2 Å². The van der Waals surface area contributed by atoms with Crippen LogP contribution in [0, 0.1) is 12.8 Å². The predicted molar refractivity (Wildman–Crippen MR) is 204 cm³/mol. The molecule has 1 atom stereocenters. The molecule has 2 N–H and O–H groups in total. The van der Waals surface area contributed by atoms with Crippen LogP contribution in [-0.2, 0) is 26.7 Å². The number of piperazine rings is 1. The Balaban J connectivity index is 0.831. The summed E-state index contributed by atoms with van der Waals surface area (Å²) in [5, 5.41) is 7.12. The minimum absolute atomic E-state index is 0.200. The number of aromatic nitrogens is 5. The molecule has 0 spiro atoms. The summed E-state index contributed by atoms with van der Waals surface area (Å²) in [6.45, 7) is 6.98. The van der Waals surface area contributed by atoms with Crippen molar-refractivity contribution >= 4 is 50.3 Å². The van der Waals surface area contributed by atoms with E-state index >= 15 is 0 Å². The number of hydrogen-bond donors (Lipinski definition) is 2. The minimum Gasteiger partial charge on any atom is -0.453 e. The molecule has 8 rings (SSSR count). The number of hydrogen-bond acceptors (Lipinski definition) is 10. The van der Waals surface area contributed by atoms with Gasteiger partial charge in [0.15, 0.2) is 11.4 Å². The number of ether oxygens (including phenoxy) is 1. The SMILES string of the molecule is Cc1nn(C)cc1-c1nc2ncc(Cl)c(Oc3ccc(S(=O)(=O)N4CCN(CC5CCN(c6ccc([C@H]7CCC(=O)NC7=O)cc6)CC5)CC4)cc3)c2[nH]1. The smallest absolute Gasteiger partial charge is 0.243 e. The molecule has 5 aromatic rings. The highest BCUT2D eigenvalue weighted by molar-refractivity contribution is 7.89. The molecule has 0 saturated carbocycles. The molecule has 0 radical (unpaired) electrons. The van der Waals surface area contributed by atoms with E-state index in [1.165, 1.54) is 6.20 Å². The molecular formula is C38H42ClN9O5S. The summed E-state index contributed by atoms with van der Waals surface area (Å²) in [7, 11) is -1.84. The van der Waals surface area contributed by atoms with Gasteiger partial charge in [-0.2, -0.15) is 9.40 Å². The van der Waals surface area contributed by atoms with Crippen molar-refractivity contribution in [3.8, 4) is 22.9 Å². The number of nitrogens with one attached hydrogen (secondary N) is 2. The Morgan fingerprint density at radius 3 is 2.33 bits per heavy atom. The molecule has 2 aromatic carbocycles. The molecule has 14 nitrogen and oxygen atoms in total. The number of pyridine rings is 1. The normalized spacial score (nSPS) is 19.4. The van der Waals surface area contributed by atoms with Crippen LogP contribution in [0.25, 0.3) is 22.6 Å². The molecule has 54 heavy (non-hydrogen) atoms. The molecule has 0 unspecified atom stereocenters. The third-order valence-corrected chi connectivity index (χ3v) is 12.9. The van der Waals surface area contributed by atoms with Crippen molar-refractivity contribution < 1.29 is 22.7 Å². The van der Waals surface area contributed by atoms with Crippen LogP contribution in [0.2, 0.25) is 5.02 Å². The number of anilines is 1. The first-order valence-corrected chi connectivity index (χ1v) is 20.1. The first-order valence-electron chi connectivity index (χ1n) is 18.3. The molecule has 16 heteroatoms. The maximum absolute atomic E-state index is 13.6. The van der Waals surface area contributed by atoms with E-state index in [4.69, 9.17) is 16.3 Å². The fourth-order valence-electron chi connectivity index (χ4n) is 7.74. The Labute approximate surface area is 318 Å². The fourth-order valence-corrected chi connectivity index (χ4v) is 9.34. The van der Waals surface area contributed by atoms with Crippen LogP contribution < -0.4 is 15.0 Å². The zero-order valence-electron chi connectivity index (χ0n) is 30.2. The Morgan fingerprint density at radius 1 is 0.944 bits per heavy atom. The van der Waals surface area contributed by atoms with Crippen molar-refractivity contribution in [2.75, 3.05) is 50.7 Å². The van der Waals surface area contributed by atoms with Gasteiger partial charge in [-0.3, -0.25) is 19.6 Å². The van der Waals surface area contributed by atoms with Crippen LogP contribution in [0.4, 0.5) is 5.69 Å². The van der Waals surface area contributed by atoms with Gasteiger partial charge in [-0.05, 0) is 74.1 Å². The molecule has 3 saturated heterocycles. The maximum Gasteiger partial charge on any atom is 0.243 e. The highest BCUT2D eigenvalue weighted by Gasteiger charge is 2.31. The number of halogens is 1. The number of H-pyrrole nitrogens is 1. The monoisotopic (exact) mass is 771 g/mol. The van der Waals surface area contributed by atoms with E-state index in [2.05, 4.69) is 47.3 Å². The van der Waals surface area contributed by atoms with Gasteiger partial charge in [0.25, 0.3) is 0 Å². The first kappa shape index (κ1) is 36.2. The second-order valence-electron chi connectivity index (χ2n) is 14.3. The van der Waals surface area contributed by atoms with Gasteiger partial charge in [0.05, 0.1) is 28.3 Å². The largest absolute Gasteiger partial charge is 0.453 e. The van der Waals surface area contributed by atoms with Crippen LogP contribution >= 0.6 is 11.6 Å². The summed E-state index contributed by atoms with van der Waals surface area (Å²) in [5.41, 5.74) is 4.70. The summed E-state index contributed by atoms with van der Waals surface area (Å²) in [6.07, 6.45) is 6.39. The van der Waals surface area contributed by atoms with Crippen molar-refractivity contribution in [1.82, 2.24) is 39.3 Å². The van der Waals surface area contributed by atoms with Crippen LogP contribution in [0.3, 0.4) is 0 Å². The fraction of sp³-hybridized carbons (Fsp3) is 0.395. The molecule has 3 aromatic heterocycles. The number of imide groups is 1.